The summed E-state index contributed by atoms with van der Waals surface area (Å²) in [5.74, 6) is 0.289. The highest BCUT2D eigenvalue weighted by Gasteiger charge is 2.44. The van der Waals surface area contributed by atoms with Crippen LogP contribution >= 0.6 is 11.3 Å². The standard InChI is InChI=1S/C18H26N4O2S/c1-20-13-18(11-15(20)23)5-9-21(10-6-18)16(24)14-12-25-17(19-14)22-7-3-2-4-8-22/h12H,2-11,13H2,1H3. The zero-order valence-corrected chi connectivity index (χ0v) is 15.7. The Morgan fingerprint density at radius 1 is 1.16 bits per heavy atom. The number of piperidine rings is 2. The summed E-state index contributed by atoms with van der Waals surface area (Å²) < 4.78 is 0. The number of hydrogen-bond acceptors (Lipinski definition) is 5. The number of nitrogens with zero attached hydrogens (tertiary/aromatic N) is 4. The van der Waals surface area contributed by atoms with Crippen LogP contribution < -0.4 is 4.90 Å². The van der Waals surface area contributed by atoms with Gasteiger partial charge in [-0.3, -0.25) is 9.59 Å². The van der Waals surface area contributed by atoms with Crippen LogP contribution in [0.1, 0.15) is 49.0 Å². The molecular formula is C18H26N4O2S. The second kappa shape index (κ2) is 6.59. The van der Waals surface area contributed by atoms with Gasteiger partial charge in [0.2, 0.25) is 5.91 Å². The van der Waals surface area contributed by atoms with Crippen molar-refractivity contribution in [3.8, 4) is 0 Å². The Morgan fingerprint density at radius 3 is 2.52 bits per heavy atom. The van der Waals surface area contributed by atoms with E-state index in [1.165, 1.54) is 19.3 Å². The van der Waals surface area contributed by atoms with Gasteiger partial charge >= 0.3 is 0 Å². The summed E-state index contributed by atoms with van der Waals surface area (Å²) in [5.41, 5.74) is 0.671. The van der Waals surface area contributed by atoms with E-state index in [9.17, 15) is 9.59 Å². The van der Waals surface area contributed by atoms with Crippen LogP contribution in [0.3, 0.4) is 0 Å². The smallest absolute Gasteiger partial charge is 0.273 e. The van der Waals surface area contributed by atoms with Gasteiger partial charge in [0, 0.05) is 57.0 Å². The molecule has 0 unspecified atom stereocenters. The first-order valence-corrected chi connectivity index (χ1v) is 10.2. The maximum absolute atomic E-state index is 12.8. The average Bonchev–Trinajstić information content (AvgIpc) is 3.22. The SMILES string of the molecule is CN1CC2(CCN(C(=O)c3csc(N4CCCCC4)n3)CC2)CC1=O. The molecule has 0 radical (unpaired) electrons. The molecule has 6 nitrogen and oxygen atoms in total. The summed E-state index contributed by atoms with van der Waals surface area (Å²) in [6.45, 7) is 4.40. The van der Waals surface area contributed by atoms with Gasteiger partial charge in [-0.1, -0.05) is 0 Å². The van der Waals surface area contributed by atoms with E-state index < -0.39 is 0 Å². The van der Waals surface area contributed by atoms with Crippen molar-refractivity contribution in [1.82, 2.24) is 14.8 Å². The molecule has 0 saturated carbocycles. The fraction of sp³-hybridized carbons (Fsp3) is 0.722. The second-order valence-electron chi connectivity index (χ2n) is 7.78. The van der Waals surface area contributed by atoms with Crippen LogP contribution in [0.15, 0.2) is 5.38 Å². The average molecular weight is 362 g/mol. The quantitative estimate of drug-likeness (QED) is 0.809. The molecule has 0 atom stereocenters. The lowest BCUT2D eigenvalue weighted by molar-refractivity contribution is -0.126. The molecule has 0 aromatic carbocycles. The Labute approximate surface area is 152 Å². The zero-order chi connectivity index (χ0) is 17.4. The lowest BCUT2D eigenvalue weighted by atomic mass is 9.77. The van der Waals surface area contributed by atoms with Crippen molar-refractivity contribution >= 4 is 28.3 Å². The third-order valence-corrected chi connectivity index (χ3v) is 6.88. The first kappa shape index (κ1) is 16.8. The van der Waals surface area contributed by atoms with Gasteiger partial charge in [0.1, 0.15) is 5.69 Å². The molecule has 0 aliphatic carbocycles. The van der Waals surface area contributed by atoms with E-state index >= 15 is 0 Å². The van der Waals surface area contributed by atoms with Crippen LogP contribution in [0.5, 0.6) is 0 Å². The molecule has 4 heterocycles. The molecule has 3 aliphatic heterocycles. The number of hydrogen-bond donors (Lipinski definition) is 0. The van der Waals surface area contributed by atoms with Crippen LogP contribution in [0.4, 0.5) is 5.13 Å². The van der Waals surface area contributed by atoms with Crippen LogP contribution in [0.2, 0.25) is 0 Å². The van der Waals surface area contributed by atoms with Gasteiger partial charge in [0.25, 0.3) is 5.91 Å². The van der Waals surface area contributed by atoms with Crippen LogP contribution in [-0.2, 0) is 4.79 Å². The molecule has 0 N–H and O–H groups in total. The molecule has 25 heavy (non-hydrogen) atoms. The van der Waals surface area contributed by atoms with E-state index in [1.807, 2.05) is 22.2 Å². The largest absolute Gasteiger partial charge is 0.348 e. The Morgan fingerprint density at radius 2 is 1.88 bits per heavy atom. The summed E-state index contributed by atoms with van der Waals surface area (Å²) in [5, 5.41) is 2.89. The van der Waals surface area contributed by atoms with Gasteiger partial charge in [-0.25, -0.2) is 4.98 Å². The Balaban J connectivity index is 1.38. The molecule has 1 aromatic heterocycles. The van der Waals surface area contributed by atoms with E-state index in [1.54, 1.807) is 11.3 Å². The van der Waals surface area contributed by atoms with E-state index in [0.29, 0.717) is 12.1 Å². The summed E-state index contributed by atoms with van der Waals surface area (Å²) in [7, 11) is 1.88. The molecule has 7 heteroatoms. The Bertz CT molecular complexity index is 660. The predicted octanol–water partition coefficient (Wildman–Crippen LogP) is 2.22. The number of anilines is 1. The molecule has 136 valence electrons. The minimum absolute atomic E-state index is 0.0482. The van der Waals surface area contributed by atoms with Crippen molar-refractivity contribution in [2.45, 2.75) is 38.5 Å². The third kappa shape index (κ3) is 3.26. The predicted molar refractivity (Wildman–Crippen MR) is 98.0 cm³/mol. The monoisotopic (exact) mass is 362 g/mol. The maximum atomic E-state index is 12.8. The number of rotatable bonds is 2. The fourth-order valence-electron chi connectivity index (χ4n) is 4.38. The van der Waals surface area contributed by atoms with Crippen molar-refractivity contribution in [2.75, 3.05) is 44.7 Å². The van der Waals surface area contributed by atoms with Crippen molar-refractivity contribution in [3.63, 3.8) is 0 Å². The maximum Gasteiger partial charge on any atom is 0.273 e. The van der Waals surface area contributed by atoms with Gasteiger partial charge in [0.15, 0.2) is 5.13 Å². The summed E-state index contributed by atoms with van der Waals surface area (Å²) in [6.07, 6.45) is 6.19. The molecule has 3 aliphatic rings. The molecule has 1 aromatic rings. The number of amides is 2. The Kier molecular flexibility index (Phi) is 4.43. The van der Waals surface area contributed by atoms with Crippen molar-refractivity contribution < 1.29 is 9.59 Å². The van der Waals surface area contributed by atoms with Gasteiger partial charge in [-0.2, -0.15) is 0 Å². The van der Waals surface area contributed by atoms with Gasteiger partial charge in [0.05, 0.1) is 0 Å². The molecule has 0 bridgehead atoms. The summed E-state index contributed by atoms with van der Waals surface area (Å²) in [6, 6.07) is 0. The molecular weight excluding hydrogens is 336 g/mol. The number of carbonyl (C=O) groups excluding carboxylic acids is 2. The lowest BCUT2D eigenvalue weighted by Crippen LogP contribution is -2.44. The minimum Gasteiger partial charge on any atom is -0.348 e. The molecule has 2 amide bonds. The number of carbonyl (C=O) groups is 2. The third-order valence-electron chi connectivity index (χ3n) is 5.97. The minimum atomic E-state index is 0.0482. The summed E-state index contributed by atoms with van der Waals surface area (Å²) >= 11 is 1.58. The highest BCUT2D eigenvalue weighted by atomic mass is 32.1. The Hall–Kier alpha value is -1.63. The summed E-state index contributed by atoms with van der Waals surface area (Å²) in [4.78, 5) is 35.3. The van der Waals surface area contributed by atoms with E-state index in [-0.39, 0.29) is 17.2 Å². The number of likely N-dealkylation sites (tertiary alicyclic amines) is 2. The first-order chi connectivity index (χ1) is 12.1. The normalized spacial score (nSPS) is 23.6. The molecule has 3 saturated heterocycles. The van der Waals surface area contributed by atoms with E-state index in [2.05, 4.69) is 9.88 Å². The van der Waals surface area contributed by atoms with Crippen molar-refractivity contribution in [3.05, 3.63) is 11.1 Å². The van der Waals surface area contributed by atoms with Crippen LogP contribution in [-0.4, -0.2) is 66.4 Å². The van der Waals surface area contributed by atoms with Crippen molar-refractivity contribution in [2.24, 2.45) is 5.41 Å². The highest BCUT2D eigenvalue weighted by Crippen LogP contribution is 2.40. The van der Waals surface area contributed by atoms with Crippen LogP contribution in [0.25, 0.3) is 0 Å². The number of thiazole rings is 1. The fourth-order valence-corrected chi connectivity index (χ4v) is 5.23. The second-order valence-corrected chi connectivity index (χ2v) is 8.62. The molecule has 3 fully saturated rings. The van der Waals surface area contributed by atoms with Gasteiger partial charge in [-0.05, 0) is 32.1 Å². The lowest BCUT2D eigenvalue weighted by Gasteiger charge is -2.38. The molecule has 4 rings (SSSR count). The van der Waals surface area contributed by atoms with Crippen LogP contribution in [0, 0.1) is 5.41 Å². The van der Waals surface area contributed by atoms with Gasteiger partial charge < -0.3 is 14.7 Å². The zero-order valence-electron chi connectivity index (χ0n) is 14.9. The number of aromatic nitrogens is 1. The molecule has 1 spiro atoms. The van der Waals surface area contributed by atoms with E-state index in [0.717, 1.165) is 50.7 Å². The first-order valence-electron chi connectivity index (χ1n) is 9.30. The topological polar surface area (TPSA) is 56.8 Å². The van der Waals surface area contributed by atoms with Crippen molar-refractivity contribution in [1.29, 1.82) is 0 Å². The highest BCUT2D eigenvalue weighted by molar-refractivity contribution is 7.13. The van der Waals surface area contributed by atoms with E-state index in [4.69, 9.17) is 0 Å². The van der Waals surface area contributed by atoms with Gasteiger partial charge in [-0.15, -0.1) is 11.3 Å².